The van der Waals surface area contributed by atoms with Crippen molar-refractivity contribution >= 4 is 18.3 Å². The average molecular weight is 372 g/mol. The molecule has 0 spiro atoms. The van der Waals surface area contributed by atoms with Crippen LogP contribution in [0.2, 0.25) is 0 Å². The molecule has 0 bridgehead atoms. The van der Waals surface area contributed by atoms with Crippen LogP contribution in [0.25, 0.3) is 0 Å². The molecule has 1 aromatic carbocycles. The molecule has 1 aliphatic heterocycles. The zero-order valence-electron chi connectivity index (χ0n) is 15.4. The molecule has 0 aromatic heterocycles. The smallest absolute Gasteiger partial charge is 0.239 e. The molecule has 1 fully saturated rings. The molecule has 0 saturated carbocycles. The molecule has 1 unspecified atom stereocenters. The summed E-state index contributed by atoms with van der Waals surface area (Å²) >= 11 is 0. The van der Waals surface area contributed by atoms with Crippen molar-refractivity contribution < 1.29 is 14.3 Å². The number of nitrogens with two attached hydrogens (primary N) is 1. The van der Waals surface area contributed by atoms with Crippen LogP contribution in [0, 0.1) is 0 Å². The summed E-state index contributed by atoms with van der Waals surface area (Å²) < 4.78 is 10.7. The Morgan fingerprint density at radius 1 is 1.20 bits per heavy atom. The molecule has 2 N–H and O–H groups in total. The molecule has 1 atom stereocenters. The van der Waals surface area contributed by atoms with Gasteiger partial charge in [-0.2, -0.15) is 0 Å². The Morgan fingerprint density at radius 3 is 2.44 bits per heavy atom. The van der Waals surface area contributed by atoms with Crippen LogP contribution in [-0.4, -0.2) is 62.1 Å². The van der Waals surface area contributed by atoms with Crippen LogP contribution in [-0.2, 0) is 11.3 Å². The fourth-order valence-electron chi connectivity index (χ4n) is 3.04. The van der Waals surface area contributed by atoms with Gasteiger partial charge < -0.3 is 20.1 Å². The number of piperazine rings is 1. The van der Waals surface area contributed by atoms with Gasteiger partial charge in [0.15, 0.2) is 0 Å². The van der Waals surface area contributed by atoms with Crippen LogP contribution in [0.3, 0.4) is 0 Å². The third-order valence-electron chi connectivity index (χ3n) is 4.48. The van der Waals surface area contributed by atoms with Gasteiger partial charge in [0.25, 0.3) is 0 Å². The zero-order valence-corrected chi connectivity index (χ0v) is 16.2. The number of rotatable bonds is 7. The summed E-state index contributed by atoms with van der Waals surface area (Å²) in [6, 6.07) is 5.47. The van der Waals surface area contributed by atoms with Crippen molar-refractivity contribution in [3.8, 4) is 11.5 Å². The lowest BCUT2D eigenvalue weighted by atomic mass is 10.1. The van der Waals surface area contributed by atoms with Crippen molar-refractivity contribution in [2.24, 2.45) is 5.73 Å². The van der Waals surface area contributed by atoms with Crippen molar-refractivity contribution in [1.29, 1.82) is 0 Å². The molecule has 1 amide bonds. The predicted molar refractivity (Wildman–Crippen MR) is 102 cm³/mol. The molecule has 0 radical (unpaired) electrons. The van der Waals surface area contributed by atoms with Gasteiger partial charge in [-0.05, 0) is 24.6 Å². The van der Waals surface area contributed by atoms with Gasteiger partial charge in [0.05, 0.1) is 20.3 Å². The SMILES string of the molecule is CCCC(N)C(=O)N1CCN(Cc2cc(OC)ccc2OC)CC1.Cl. The number of methoxy groups -OCH3 is 2. The first-order valence-corrected chi connectivity index (χ1v) is 8.56. The zero-order chi connectivity index (χ0) is 17.5. The highest BCUT2D eigenvalue weighted by Crippen LogP contribution is 2.25. The lowest BCUT2D eigenvalue weighted by Gasteiger charge is -2.36. The normalized spacial score (nSPS) is 16.1. The molecule has 1 aromatic rings. The van der Waals surface area contributed by atoms with Crippen molar-refractivity contribution in [3.63, 3.8) is 0 Å². The second-order valence-electron chi connectivity index (χ2n) is 6.17. The number of carbonyl (C=O) groups is 1. The quantitative estimate of drug-likeness (QED) is 0.792. The highest BCUT2D eigenvalue weighted by atomic mass is 35.5. The minimum atomic E-state index is -0.361. The number of hydrogen-bond donors (Lipinski definition) is 1. The third kappa shape index (κ3) is 5.76. The van der Waals surface area contributed by atoms with Gasteiger partial charge >= 0.3 is 0 Å². The molecular weight excluding hydrogens is 342 g/mol. The van der Waals surface area contributed by atoms with Crippen LogP contribution >= 0.6 is 12.4 Å². The maximum absolute atomic E-state index is 12.3. The summed E-state index contributed by atoms with van der Waals surface area (Å²) in [6.07, 6.45) is 1.68. The number of amides is 1. The highest BCUT2D eigenvalue weighted by Gasteiger charge is 2.25. The Hall–Kier alpha value is -1.50. The van der Waals surface area contributed by atoms with E-state index in [9.17, 15) is 4.79 Å². The van der Waals surface area contributed by atoms with E-state index in [0.717, 1.165) is 62.6 Å². The Balaban J connectivity index is 0.00000312. The van der Waals surface area contributed by atoms with Gasteiger partial charge in [0, 0.05) is 38.3 Å². The van der Waals surface area contributed by atoms with Gasteiger partial charge in [-0.3, -0.25) is 9.69 Å². The Kier molecular flexibility index (Phi) is 9.03. The van der Waals surface area contributed by atoms with E-state index in [0.29, 0.717) is 0 Å². The first kappa shape index (κ1) is 21.5. The summed E-state index contributed by atoms with van der Waals surface area (Å²) in [7, 11) is 3.34. The van der Waals surface area contributed by atoms with Crippen molar-refractivity contribution in [1.82, 2.24) is 9.80 Å². The number of ether oxygens (including phenoxy) is 2. The molecule has 25 heavy (non-hydrogen) atoms. The number of halogens is 1. The van der Waals surface area contributed by atoms with E-state index in [2.05, 4.69) is 4.90 Å². The monoisotopic (exact) mass is 371 g/mol. The Bertz CT molecular complexity index is 548. The van der Waals surface area contributed by atoms with Crippen molar-refractivity contribution in [3.05, 3.63) is 23.8 Å². The van der Waals surface area contributed by atoms with E-state index < -0.39 is 0 Å². The van der Waals surface area contributed by atoms with Crippen molar-refractivity contribution in [2.45, 2.75) is 32.4 Å². The van der Waals surface area contributed by atoms with Gasteiger partial charge in [-0.25, -0.2) is 0 Å². The standard InChI is InChI=1S/C18H29N3O3.ClH/c1-4-5-16(19)18(22)21-10-8-20(9-11-21)13-14-12-15(23-2)6-7-17(14)24-3;/h6-7,12,16H,4-5,8-11,13,19H2,1-3H3;1H. The topological polar surface area (TPSA) is 68.0 Å². The van der Waals surface area contributed by atoms with Crippen LogP contribution in [0.4, 0.5) is 0 Å². The first-order valence-electron chi connectivity index (χ1n) is 8.56. The van der Waals surface area contributed by atoms with E-state index in [1.165, 1.54) is 0 Å². The minimum absolute atomic E-state index is 0. The summed E-state index contributed by atoms with van der Waals surface area (Å²) in [5.74, 6) is 1.76. The van der Waals surface area contributed by atoms with Crippen LogP contribution < -0.4 is 15.2 Å². The fourth-order valence-corrected chi connectivity index (χ4v) is 3.04. The van der Waals surface area contributed by atoms with E-state index in [4.69, 9.17) is 15.2 Å². The lowest BCUT2D eigenvalue weighted by molar-refractivity contribution is -0.134. The van der Waals surface area contributed by atoms with E-state index in [-0.39, 0.29) is 24.4 Å². The number of benzene rings is 1. The predicted octanol–water partition coefficient (Wildman–Crippen LogP) is 1.90. The Labute approximate surface area is 156 Å². The number of hydrogen-bond acceptors (Lipinski definition) is 5. The molecule has 0 aliphatic carbocycles. The summed E-state index contributed by atoms with van der Waals surface area (Å²) in [5.41, 5.74) is 7.05. The van der Waals surface area contributed by atoms with E-state index in [1.807, 2.05) is 30.0 Å². The minimum Gasteiger partial charge on any atom is -0.497 e. The van der Waals surface area contributed by atoms with Crippen LogP contribution in [0.1, 0.15) is 25.3 Å². The fraction of sp³-hybridized carbons (Fsp3) is 0.611. The van der Waals surface area contributed by atoms with Gasteiger partial charge in [0.1, 0.15) is 11.5 Å². The molecule has 2 rings (SSSR count). The summed E-state index contributed by atoms with van der Waals surface area (Å²) in [6.45, 7) is 5.96. The largest absolute Gasteiger partial charge is 0.497 e. The number of nitrogens with zero attached hydrogens (tertiary/aromatic N) is 2. The highest BCUT2D eigenvalue weighted by molar-refractivity contribution is 5.85. The molecule has 6 nitrogen and oxygen atoms in total. The first-order chi connectivity index (χ1) is 11.6. The van der Waals surface area contributed by atoms with Crippen LogP contribution in [0.5, 0.6) is 11.5 Å². The van der Waals surface area contributed by atoms with Crippen LogP contribution in [0.15, 0.2) is 18.2 Å². The second kappa shape index (κ2) is 10.5. The molecule has 1 saturated heterocycles. The lowest BCUT2D eigenvalue weighted by Crippen LogP contribution is -2.52. The van der Waals surface area contributed by atoms with E-state index in [1.54, 1.807) is 14.2 Å². The molecule has 142 valence electrons. The van der Waals surface area contributed by atoms with Gasteiger partial charge in [0.2, 0.25) is 5.91 Å². The van der Waals surface area contributed by atoms with Gasteiger partial charge in [-0.1, -0.05) is 13.3 Å². The Morgan fingerprint density at radius 2 is 1.88 bits per heavy atom. The average Bonchev–Trinajstić information content (AvgIpc) is 2.62. The van der Waals surface area contributed by atoms with Gasteiger partial charge in [-0.15, -0.1) is 12.4 Å². The maximum atomic E-state index is 12.3. The molecule has 1 heterocycles. The maximum Gasteiger partial charge on any atom is 0.239 e. The van der Waals surface area contributed by atoms with E-state index >= 15 is 0 Å². The van der Waals surface area contributed by atoms with Crippen molar-refractivity contribution in [2.75, 3.05) is 40.4 Å². The molecule has 1 aliphatic rings. The molecular formula is C18H30ClN3O3. The second-order valence-corrected chi connectivity index (χ2v) is 6.17. The summed E-state index contributed by atoms with van der Waals surface area (Å²) in [4.78, 5) is 16.5. The molecule has 7 heteroatoms. The number of carbonyl (C=O) groups excluding carboxylic acids is 1. The third-order valence-corrected chi connectivity index (χ3v) is 4.48. The summed E-state index contributed by atoms with van der Waals surface area (Å²) in [5, 5.41) is 0.